The van der Waals surface area contributed by atoms with Crippen molar-refractivity contribution >= 4 is 40.0 Å². The van der Waals surface area contributed by atoms with Crippen LogP contribution in [0.1, 0.15) is 11.1 Å². The lowest BCUT2D eigenvalue weighted by Crippen LogP contribution is -2.07. The standard InChI is InChI=1S/C29H16ClF3N4O5/c30-22-10-8-17(13-21(22)29(31,32)33)37-24-11-15(14-34)7-9-20(24)25(27(37)39)36-35-23-6-2-5-19(26(23)38)16-3-1-4-18(12-16)42-28(40)41/h1-13,38-39H,(H,40,41). The number of hydrogen-bond acceptors (Lipinski definition) is 7. The lowest BCUT2D eigenvalue weighted by Gasteiger charge is -2.13. The summed E-state index contributed by atoms with van der Waals surface area (Å²) in [6, 6.07) is 19.8. The van der Waals surface area contributed by atoms with Crippen LogP contribution in [0, 0.1) is 11.3 Å². The van der Waals surface area contributed by atoms with E-state index in [-0.39, 0.29) is 50.6 Å². The Hall–Kier alpha value is -5.54. The molecule has 9 nitrogen and oxygen atoms in total. The molecule has 4 aromatic carbocycles. The molecule has 3 N–H and O–H groups in total. The summed E-state index contributed by atoms with van der Waals surface area (Å²) in [7, 11) is 0. The molecule has 0 aliphatic carbocycles. The Kier molecular flexibility index (Phi) is 7.20. The van der Waals surface area contributed by atoms with Gasteiger partial charge in [-0.15, -0.1) is 10.2 Å². The van der Waals surface area contributed by atoms with Crippen molar-refractivity contribution in [3.63, 3.8) is 0 Å². The lowest BCUT2D eigenvalue weighted by molar-refractivity contribution is -0.137. The molecule has 0 amide bonds. The van der Waals surface area contributed by atoms with Gasteiger partial charge in [-0.05, 0) is 60.2 Å². The van der Waals surface area contributed by atoms with Gasteiger partial charge in [0, 0.05) is 16.6 Å². The molecule has 1 aromatic heterocycles. The van der Waals surface area contributed by atoms with E-state index in [9.17, 15) is 33.4 Å². The maximum absolute atomic E-state index is 13.6. The van der Waals surface area contributed by atoms with Gasteiger partial charge in [-0.1, -0.05) is 35.9 Å². The Labute approximate surface area is 239 Å². The number of carboxylic acid groups (broad SMARTS) is 1. The summed E-state index contributed by atoms with van der Waals surface area (Å²) >= 11 is 5.77. The van der Waals surface area contributed by atoms with E-state index < -0.39 is 28.8 Å². The molecule has 210 valence electrons. The molecular weight excluding hydrogens is 577 g/mol. The fraction of sp³-hybridized carbons (Fsp3) is 0.0345. The first-order valence-electron chi connectivity index (χ1n) is 11.9. The third-order valence-corrected chi connectivity index (χ3v) is 6.51. The average molecular weight is 593 g/mol. The molecular formula is C29H16ClF3N4O5. The van der Waals surface area contributed by atoms with Gasteiger partial charge < -0.3 is 20.1 Å². The summed E-state index contributed by atoms with van der Waals surface area (Å²) in [5, 5.41) is 48.3. The van der Waals surface area contributed by atoms with Gasteiger partial charge in [0.1, 0.15) is 11.4 Å². The van der Waals surface area contributed by atoms with Crippen molar-refractivity contribution in [3.05, 3.63) is 95.0 Å². The summed E-state index contributed by atoms with van der Waals surface area (Å²) in [6.45, 7) is 0. The number of nitrogens with zero attached hydrogens (tertiary/aromatic N) is 4. The molecule has 42 heavy (non-hydrogen) atoms. The summed E-state index contributed by atoms with van der Waals surface area (Å²) in [5.74, 6) is -0.874. The minimum Gasteiger partial charge on any atom is -0.505 e. The highest BCUT2D eigenvalue weighted by Gasteiger charge is 2.34. The van der Waals surface area contributed by atoms with Gasteiger partial charge in [-0.2, -0.15) is 18.4 Å². The zero-order valence-electron chi connectivity index (χ0n) is 21.0. The fourth-order valence-electron chi connectivity index (χ4n) is 4.33. The number of nitriles is 1. The maximum Gasteiger partial charge on any atom is 0.511 e. The van der Waals surface area contributed by atoms with E-state index in [1.54, 1.807) is 18.2 Å². The van der Waals surface area contributed by atoms with E-state index in [0.717, 1.165) is 16.7 Å². The molecule has 0 unspecified atom stereocenters. The van der Waals surface area contributed by atoms with Crippen molar-refractivity contribution in [3.8, 4) is 40.3 Å². The summed E-state index contributed by atoms with van der Waals surface area (Å²) in [6.07, 6.45) is -6.28. The zero-order chi connectivity index (χ0) is 30.2. The number of rotatable bonds is 5. The van der Waals surface area contributed by atoms with Crippen LogP contribution in [0.5, 0.6) is 17.4 Å². The number of hydrogen-bond donors (Lipinski definition) is 3. The SMILES string of the molecule is N#Cc1ccc2c(N=Nc3cccc(-c4cccc(OC(=O)O)c4)c3O)c(O)n(-c3ccc(Cl)c(C(F)(F)F)c3)c2c1. The minimum absolute atomic E-state index is 0.0248. The first-order valence-corrected chi connectivity index (χ1v) is 12.3. The number of alkyl halides is 3. The molecule has 0 fully saturated rings. The van der Waals surface area contributed by atoms with Gasteiger partial charge in [0.15, 0.2) is 11.4 Å². The monoisotopic (exact) mass is 592 g/mol. The summed E-state index contributed by atoms with van der Waals surface area (Å²) < 4.78 is 46.5. The number of fused-ring (bicyclic) bond motifs is 1. The Balaban J connectivity index is 1.63. The number of phenols is 1. The second kappa shape index (κ2) is 10.8. The second-order valence-electron chi connectivity index (χ2n) is 8.78. The highest BCUT2D eigenvalue weighted by molar-refractivity contribution is 6.31. The number of halogens is 4. The van der Waals surface area contributed by atoms with Crippen LogP contribution < -0.4 is 4.74 Å². The Morgan fingerprint density at radius 1 is 0.976 bits per heavy atom. The number of ether oxygens (including phenoxy) is 1. The number of azo groups is 1. The Bertz CT molecular complexity index is 1950. The zero-order valence-corrected chi connectivity index (χ0v) is 21.7. The number of aromatic hydroxyl groups is 2. The van der Waals surface area contributed by atoms with Gasteiger partial charge in [0.25, 0.3) is 0 Å². The van der Waals surface area contributed by atoms with Crippen LogP contribution >= 0.6 is 11.6 Å². The first-order chi connectivity index (χ1) is 20.0. The minimum atomic E-state index is -4.77. The van der Waals surface area contributed by atoms with Crippen molar-refractivity contribution in [1.82, 2.24) is 4.57 Å². The van der Waals surface area contributed by atoms with Gasteiger partial charge in [-0.3, -0.25) is 4.57 Å². The number of phenolic OH excluding ortho intramolecular Hbond substituents is 1. The topological polar surface area (TPSA) is 140 Å². The largest absolute Gasteiger partial charge is 0.511 e. The predicted octanol–water partition coefficient (Wildman–Crippen LogP) is 8.72. The summed E-state index contributed by atoms with van der Waals surface area (Å²) in [4.78, 5) is 10.9. The van der Waals surface area contributed by atoms with Crippen molar-refractivity contribution in [2.24, 2.45) is 10.2 Å². The van der Waals surface area contributed by atoms with E-state index in [0.29, 0.717) is 5.56 Å². The molecule has 0 spiro atoms. The van der Waals surface area contributed by atoms with E-state index in [1.165, 1.54) is 48.5 Å². The van der Waals surface area contributed by atoms with E-state index in [1.807, 2.05) is 6.07 Å². The van der Waals surface area contributed by atoms with E-state index >= 15 is 0 Å². The van der Waals surface area contributed by atoms with Crippen LogP contribution in [-0.2, 0) is 6.18 Å². The van der Waals surface area contributed by atoms with Crippen LogP contribution in [-0.4, -0.2) is 26.0 Å². The highest BCUT2D eigenvalue weighted by atomic mass is 35.5. The molecule has 0 aliphatic rings. The second-order valence-corrected chi connectivity index (χ2v) is 9.19. The van der Waals surface area contributed by atoms with Gasteiger partial charge in [0.05, 0.1) is 27.7 Å². The molecule has 0 aliphatic heterocycles. The van der Waals surface area contributed by atoms with Gasteiger partial charge >= 0.3 is 12.3 Å². The van der Waals surface area contributed by atoms with Crippen LogP contribution in [0.15, 0.2) is 89.1 Å². The Morgan fingerprint density at radius 3 is 2.45 bits per heavy atom. The van der Waals surface area contributed by atoms with E-state index in [2.05, 4.69) is 15.0 Å². The molecule has 0 bridgehead atoms. The number of aromatic nitrogens is 1. The highest BCUT2D eigenvalue weighted by Crippen LogP contribution is 2.45. The van der Waals surface area contributed by atoms with Crippen LogP contribution in [0.2, 0.25) is 5.02 Å². The van der Waals surface area contributed by atoms with Crippen molar-refractivity contribution in [2.75, 3.05) is 0 Å². The first kappa shape index (κ1) is 28.0. The molecule has 1 heterocycles. The van der Waals surface area contributed by atoms with Crippen LogP contribution in [0.4, 0.5) is 29.3 Å². The molecule has 5 aromatic rings. The summed E-state index contributed by atoms with van der Waals surface area (Å²) in [5.41, 5.74) is -0.362. The molecule has 5 rings (SSSR count). The quantitative estimate of drug-likeness (QED) is 0.106. The van der Waals surface area contributed by atoms with Crippen molar-refractivity contribution in [2.45, 2.75) is 6.18 Å². The smallest absolute Gasteiger partial charge is 0.505 e. The molecule has 0 saturated carbocycles. The third kappa shape index (κ3) is 5.28. The van der Waals surface area contributed by atoms with Crippen LogP contribution in [0.25, 0.3) is 27.7 Å². The van der Waals surface area contributed by atoms with E-state index in [4.69, 9.17) is 16.7 Å². The number of carbonyl (C=O) groups is 1. The lowest BCUT2D eigenvalue weighted by atomic mass is 10.0. The van der Waals surface area contributed by atoms with Crippen LogP contribution in [0.3, 0.4) is 0 Å². The van der Waals surface area contributed by atoms with Gasteiger partial charge in [0.2, 0.25) is 5.88 Å². The molecule has 0 radical (unpaired) electrons. The maximum atomic E-state index is 13.6. The normalized spacial score (nSPS) is 11.6. The molecule has 0 saturated heterocycles. The fourth-order valence-corrected chi connectivity index (χ4v) is 4.56. The number of benzene rings is 4. The molecule has 0 atom stereocenters. The third-order valence-electron chi connectivity index (χ3n) is 6.18. The predicted molar refractivity (Wildman–Crippen MR) is 146 cm³/mol. The Morgan fingerprint density at radius 2 is 1.74 bits per heavy atom. The van der Waals surface area contributed by atoms with Gasteiger partial charge in [-0.25, -0.2) is 4.79 Å². The van der Waals surface area contributed by atoms with Crippen molar-refractivity contribution in [1.29, 1.82) is 5.26 Å². The number of para-hydroxylation sites is 1. The molecule has 13 heteroatoms. The van der Waals surface area contributed by atoms with Crippen molar-refractivity contribution < 1.29 is 38.0 Å². The average Bonchev–Trinajstić information content (AvgIpc) is 3.22.